The highest BCUT2D eigenvalue weighted by molar-refractivity contribution is 6.59. The lowest BCUT2D eigenvalue weighted by atomic mass is 10.2. The predicted molar refractivity (Wildman–Crippen MR) is 69.8 cm³/mol. The summed E-state index contributed by atoms with van der Waals surface area (Å²) in [5, 5.41) is 0. The molecular formula is C13H19FSi. The van der Waals surface area contributed by atoms with Crippen LogP contribution in [0.3, 0.4) is 0 Å². The second kappa shape index (κ2) is 8.18. The summed E-state index contributed by atoms with van der Waals surface area (Å²) in [6.07, 6.45) is 4.12. The van der Waals surface area contributed by atoms with Gasteiger partial charge >= 0.3 is 0 Å². The molecule has 15 heavy (non-hydrogen) atoms. The van der Waals surface area contributed by atoms with Crippen LogP contribution >= 0.6 is 0 Å². The standard InChI is InChI=1S/C13H18Si.FH/c1-3-10-14(11-4-2)12-13-8-6-5-7-9-13;/h3-9,14H,1-2,10-12H2;1H. The molecule has 0 aliphatic carbocycles. The maximum atomic E-state index is 3.82. The Morgan fingerprint density at radius 2 is 1.53 bits per heavy atom. The molecule has 0 radical (unpaired) electrons. The predicted octanol–water partition coefficient (Wildman–Crippen LogP) is 3.52. The Bertz CT molecular complexity index is 272. The fourth-order valence-corrected chi connectivity index (χ4v) is 4.09. The van der Waals surface area contributed by atoms with Crippen LogP contribution in [0.5, 0.6) is 0 Å². The van der Waals surface area contributed by atoms with Gasteiger partial charge in [-0.2, -0.15) is 0 Å². The average molecular weight is 222 g/mol. The highest BCUT2D eigenvalue weighted by atomic mass is 28.3. The summed E-state index contributed by atoms with van der Waals surface area (Å²) in [7, 11) is -0.697. The van der Waals surface area contributed by atoms with E-state index in [9.17, 15) is 0 Å². The van der Waals surface area contributed by atoms with E-state index in [4.69, 9.17) is 0 Å². The molecule has 0 bridgehead atoms. The molecule has 1 aromatic rings. The molecular weight excluding hydrogens is 203 g/mol. The number of hydrogen-bond donors (Lipinski definition) is 0. The molecule has 0 heterocycles. The first-order valence-electron chi connectivity index (χ1n) is 5.12. The zero-order valence-electron chi connectivity index (χ0n) is 9.06. The largest absolute Gasteiger partial charge is 0.269 e. The Balaban J connectivity index is 0.00000196. The lowest BCUT2D eigenvalue weighted by molar-refractivity contribution is 1.11. The quantitative estimate of drug-likeness (QED) is 0.510. The maximum absolute atomic E-state index is 3.82. The molecule has 0 atom stereocenters. The van der Waals surface area contributed by atoms with Gasteiger partial charge in [0.1, 0.15) is 0 Å². The first kappa shape index (κ1) is 13.8. The Kier molecular flexibility index (Phi) is 7.55. The summed E-state index contributed by atoms with van der Waals surface area (Å²) in [6, 6.07) is 14.4. The molecule has 0 aromatic heterocycles. The van der Waals surface area contributed by atoms with Gasteiger partial charge < -0.3 is 0 Å². The minimum absolute atomic E-state index is 0. The van der Waals surface area contributed by atoms with E-state index in [-0.39, 0.29) is 4.70 Å². The van der Waals surface area contributed by atoms with Crippen molar-refractivity contribution in [2.24, 2.45) is 0 Å². The van der Waals surface area contributed by atoms with Gasteiger partial charge in [-0.1, -0.05) is 48.0 Å². The zero-order chi connectivity index (χ0) is 10.2. The Morgan fingerprint density at radius 1 is 1.00 bits per heavy atom. The molecule has 0 nitrogen and oxygen atoms in total. The zero-order valence-corrected chi connectivity index (χ0v) is 10.2. The number of halogens is 1. The van der Waals surface area contributed by atoms with E-state index in [1.807, 2.05) is 0 Å². The molecule has 0 saturated carbocycles. The molecule has 2 heteroatoms. The molecule has 0 aliphatic rings. The van der Waals surface area contributed by atoms with Crippen molar-refractivity contribution in [3.05, 3.63) is 61.2 Å². The first-order chi connectivity index (χ1) is 6.86. The van der Waals surface area contributed by atoms with Crippen LogP contribution in [-0.2, 0) is 6.04 Å². The second-order valence-corrected chi connectivity index (χ2v) is 6.69. The van der Waals surface area contributed by atoms with Crippen LogP contribution in [0.4, 0.5) is 4.70 Å². The third-order valence-corrected chi connectivity index (χ3v) is 5.42. The average Bonchev–Trinajstić information content (AvgIpc) is 2.20. The van der Waals surface area contributed by atoms with E-state index < -0.39 is 8.80 Å². The van der Waals surface area contributed by atoms with Gasteiger partial charge in [-0.15, -0.1) is 13.2 Å². The summed E-state index contributed by atoms with van der Waals surface area (Å²) in [4.78, 5) is 0. The van der Waals surface area contributed by atoms with Crippen molar-refractivity contribution < 1.29 is 4.70 Å². The summed E-state index contributed by atoms with van der Waals surface area (Å²) >= 11 is 0. The Labute approximate surface area is 93.3 Å². The van der Waals surface area contributed by atoms with Crippen molar-refractivity contribution in [1.29, 1.82) is 0 Å². The summed E-state index contributed by atoms with van der Waals surface area (Å²) in [5.74, 6) is 0. The summed E-state index contributed by atoms with van der Waals surface area (Å²) < 4.78 is 0. The number of benzene rings is 1. The fourth-order valence-electron chi connectivity index (χ4n) is 1.68. The van der Waals surface area contributed by atoms with Crippen molar-refractivity contribution in [1.82, 2.24) is 0 Å². The van der Waals surface area contributed by atoms with E-state index in [1.54, 1.807) is 0 Å². The molecule has 0 saturated heterocycles. The Morgan fingerprint density at radius 3 is 2.00 bits per heavy atom. The number of rotatable bonds is 6. The van der Waals surface area contributed by atoms with Gasteiger partial charge in [0.15, 0.2) is 0 Å². The molecule has 0 amide bonds. The monoisotopic (exact) mass is 222 g/mol. The lowest BCUT2D eigenvalue weighted by Gasteiger charge is -2.10. The van der Waals surface area contributed by atoms with Crippen LogP contribution in [0.1, 0.15) is 5.56 Å². The van der Waals surface area contributed by atoms with Gasteiger partial charge in [0.2, 0.25) is 0 Å². The van der Waals surface area contributed by atoms with Crippen molar-refractivity contribution in [3.63, 3.8) is 0 Å². The van der Waals surface area contributed by atoms with Crippen molar-refractivity contribution >= 4 is 8.80 Å². The van der Waals surface area contributed by atoms with Crippen molar-refractivity contribution in [3.8, 4) is 0 Å². The smallest absolute Gasteiger partial charge is 0.0487 e. The minimum Gasteiger partial charge on any atom is -0.269 e. The van der Waals surface area contributed by atoms with E-state index in [0.717, 1.165) is 0 Å². The Hall–Kier alpha value is -1.15. The number of hydrogen-bond acceptors (Lipinski definition) is 0. The topological polar surface area (TPSA) is 0 Å². The van der Waals surface area contributed by atoms with E-state index in [2.05, 4.69) is 55.6 Å². The van der Waals surface area contributed by atoms with Gasteiger partial charge in [-0.05, 0) is 18.1 Å². The highest BCUT2D eigenvalue weighted by Crippen LogP contribution is 2.09. The van der Waals surface area contributed by atoms with Gasteiger partial charge in [0.05, 0.1) is 0 Å². The normalized spacial score (nSPS) is 9.40. The van der Waals surface area contributed by atoms with E-state index >= 15 is 0 Å². The number of allylic oxidation sites excluding steroid dienone is 2. The maximum Gasteiger partial charge on any atom is 0.0487 e. The van der Waals surface area contributed by atoms with Crippen LogP contribution in [0.25, 0.3) is 0 Å². The second-order valence-electron chi connectivity index (χ2n) is 3.60. The molecule has 0 fully saturated rings. The van der Waals surface area contributed by atoms with Crippen molar-refractivity contribution in [2.75, 3.05) is 0 Å². The SMILES string of the molecule is C=CC[SiH](CC=C)Cc1ccccc1.F. The molecule has 1 aromatic carbocycles. The molecule has 0 aliphatic heterocycles. The van der Waals surface area contributed by atoms with Gasteiger partial charge in [-0.25, -0.2) is 0 Å². The van der Waals surface area contributed by atoms with Crippen molar-refractivity contribution in [2.45, 2.75) is 18.1 Å². The fraction of sp³-hybridized carbons (Fsp3) is 0.231. The minimum atomic E-state index is -0.697. The third kappa shape index (κ3) is 5.33. The van der Waals surface area contributed by atoms with Gasteiger partial charge in [0, 0.05) is 8.80 Å². The first-order valence-corrected chi connectivity index (χ1v) is 7.57. The van der Waals surface area contributed by atoms with Gasteiger partial charge in [0.25, 0.3) is 0 Å². The van der Waals surface area contributed by atoms with E-state index in [0.29, 0.717) is 0 Å². The van der Waals surface area contributed by atoms with Crippen LogP contribution in [0, 0.1) is 0 Å². The summed E-state index contributed by atoms with van der Waals surface area (Å²) in [5.41, 5.74) is 1.47. The molecule has 0 unspecified atom stereocenters. The molecule has 0 N–H and O–H groups in total. The molecule has 1 rings (SSSR count). The van der Waals surface area contributed by atoms with E-state index in [1.165, 1.54) is 23.7 Å². The molecule has 0 spiro atoms. The van der Waals surface area contributed by atoms with Crippen LogP contribution in [-0.4, -0.2) is 8.80 Å². The third-order valence-electron chi connectivity index (χ3n) is 2.37. The highest BCUT2D eigenvalue weighted by Gasteiger charge is 2.07. The van der Waals surface area contributed by atoms with Gasteiger partial charge in [-0.3, -0.25) is 4.70 Å². The lowest BCUT2D eigenvalue weighted by Crippen LogP contribution is -2.14. The van der Waals surface area contributed by atoms with Crippen LogP contribution in [0.15, 0.2) is 55.6 Å². The van der Waals surface area contributed by atoms with Crippen LogP contribution < -0.4 is 0 Å². The molecule has 82 valence electrons. The van der Waals surface area contributed by atoms with Crippen LogP contribution in [0.2, 0.25) is 12.1 Å². The summed E-state index contributed by atoms with van der Waals surface area (Å²) in [6.45, 7) is 7.65.